The monoisotopic (exact) mass is 309 g/mol. The summed E-state index contributed by atoms with van der Waals surface area (Å²) in [5.74, 6) is 0.532. The molecule has 1 atom stereocenters. The molecule has 0 aromatic heterocycles. The Balaban J connectivity index is 1.66. The third-order valence-electron chi connectivity index (χ3n) is 4.57. The maximum absolute atomic E-state index is 12.4. The van der Waals surface area contributed by atoms with Gasteiger partial charge in [0.05, 0.1) is 5.75 Å². The Hall–Kier alpha value is -0.950. The number of sulfonamides is 1. The lowest BCUT2D eigenvalue weighted by Crippen LogP contribution is -2.57. The standard InChI is InChI=1S/C15H23N3O2S/c16-9-12-2-1-3-13(8-12)11-21(19,20)17-15-10-18-6-4-14(15)5-7-18/h1-3,8,14-15,17H,4-7,9-11,16H2. The van der Waals surface area contributed by atoms with Crippen molar-refractivity contribution in [3.63, 3.8) is 0 Å². The van der Waals surface area contributed by atoms with Crippen molar-refractivity contribution in [2.75, 3.05) is 19.6 Å². The minimum absolute atomic E-state index is 0.0318. The van der Waals surface area contributed by atoms with Crippen LogP contribution in [0.25, 0.3) is 0 Å². The molecule has 2 bridgehead atoms. The van der Waals surface area contributed by atoms with E-state index in [9.17, 15) is 8.42 Å². The number of nitrogens with zero attached hydrogens (tertiary/aromatic N) is 1. The maximum Gasteiger partial charge on any atom is 0.216 e. The molecule has 0 aliphatic carbocycles. The first-order valence-corrected chi connectivity index (χ1v) is 9.21. The first-order valence-electron chi connectivity index (χ1n) is 7.56. The molecular weight excluding hydrogens is 286 g/mol. The smallest absolute Gasteiger partial charge is 0.216 e. The van der Waals surface area contributed by atoms with Crippen molar-refractivity contribution in [1.82, 2.24) is 9.62 Å². The molecule has 3 N–H and O–H groups in total. The molecule has 3 saturated heterocycles. The van der Waals surface area contributed by atoms with Crippen molar-refractivity contribution in [3.05, 3.63) is 35.4 Å². The predicted molar refractivity (Wildman–Crippen MR) is 83.0 cm³/mol. The van der Waals surface area contributed by atoms with E-state index in [-0.39, 0.29) is 11.8 Å². The second kappa shape index (κ2) is 6.04. The molecular formula is C15H23N3O2S. The Labute approximate surface area is 126 Å². The van der Waals surface area contributed by atoms with Crippen molar-refractivity contribution in [3.8, 4) is 0 Å². The highest BCUT2D eigenvalue weighted by Crippen LogP contribution is 2.28. The van der Waals surface area contributed by atoms with Gasteiger partial charge in [0, 0.05) is 19.1 Å². The molecule has 0 saturated carbocycles. The fraction of sp³-hybridized carbons (Fsp3) is 0.600. The molecule has 1 aromatic rings. The molecule has 6 heteroatoms. The summed E-state index contributed by atoms with van der Waals surface area (Å²) in [6.07, 6.45) is 2.21. The van der Waals surface area contributed by atoms with Gasteiger partial charge in [-0.15, -0.1) is 0 Å². The Kier molecular flexibility index (Phi) is 4.31. The maximum atomic E-state index is 12.4. The van der Waals surface area contributed by atoms with Crippen molar-refractivity contribution >= 4 is 10.0 Å². The van der Waals surface area contributed by atoms with E-state index in [1.54, 1.807) is 0 Å². The summed E-state index contributed by atoms with van der Waals surface area (Å²) >= 11 is 0. The van der Waals surface area contributed by atoms with Crippen LogP contribution in [-0.2, 0) is 22.3 Å². The van der Waals surface area contributed by atoms with Crippen LogP contribution in [0.3, 0.4) is 0 Å². The highest BCUT2D eigenvalue weighted by atomic mass is 32.2. The average molecular weight is 309 g/mol. The van der Waals surface area contributed by atoms with Crippen LogP contribution in [0.4, 0.5) is 0 Å². The zero-order chi connectivity index (χ0) is 14.9. The fourth-order valence-electron chi connectivity index (χ4n) is 3.44. The third kappa shape index (κ3) is 3.63. The lowest BCUT2D eigenvalue weighted by Gasteiger charge is -2.44. The van der Waals surface area contributed by atoms with Gasteiger partial charge in [0.1, 0.15) is 0 Å². The minimum atomic E-state index is -3.30. The van der Waals surface area contributed by atoms with Gasteiger partial charge in [-0.3, -0.25) is 0 Å². The van der Waals surface area contributed by atoms with Crippen LogP contribution in [-0.4, -0.2) is 39.0 Å². The van der Waals surface area contributed by atoms with Crippen molar-refractivity contribution in [2.45, 2.75) is 31.2 Å². The van der Waals surface area contributed by atoms with Crippen LogP contribution < -0.4 is 10.5 Å². The molecule has 0 amide bonds. The highest BCUT2D eigenvalue weighted by molar-refractivity contribution is 7.88. The topological polar surface area (TPSA) is 75.4 Å². The Morgan fingerprint density at radius 2 is 1.95 bits per heavy atom. The lowest BCUT2D eigenvalue weighted by atomic mass is 9.85. The second-order valence-corrected chi connectivity index (χ2v) is 7.90. The number of hydrogen-bond acceptors (Lipinski definition) is 4. The summed E-state index contributed by atoms with van der Waals surface area (Å²) in [6.45, 7) is 3.51. The van der Waals surface area contributed by atoms with E-state index in [4.69, 9.17) is 5.73 Å². The molecule has 1 unspecified atom stereocenters. The minimum Gasteiger partial charge on any atom is -0.326 e. The van der Waals surface area contributed by atoms with Crippen molar-refractivity contribution < 1.29 is 8.42 Å². The zero-order valence-electron chi connectivity index (χ0n) is 12.2. The molecule has 21 heavy (non-hydrogen) atoms. The van der Waals surface area contributed by atoms with Gasteiger partial charge < -0.3 is 10.6 Å². The van der Waals surface area contributed by atoms with Crippen LogP contribution in [0.1, 0.15) is 24.0 Å². The predicted octanol–water partition coefficient (Wildman–Crippen LogP) is 0.659. The number of nitrogens with two attached hydrogens (primary N) is 1. The van der Waals surface area contributed by atoms with Gasteiger partial charge in [0.25, 0.3) is 0 Å². The number of hydrogen-bond donors (Lipinski definition) is 2. The SMILES string of the molecule is NCc1cccc(CS(=O)(=O)NC2CN3CCC2CC3)c1. The summed E-state index contributed by atoms with van der Waals surface area (Å²) in [4.78, 5) is 2.35. The quantitative estimate of drug-likeness (QED) is 0.838. The molecule has 3 heterocycles. The number of piperidine rings is 3. The normalized spacial score (nSPS) is 28.7. The third-order valence-corrected chi connectivity index (χ3v) is 5.95. The van der Waals surface area contributed by atoms with E-state index in [2.05, 4.69) is 9.62 Å². The zero-order valence-corrected chi connectivity index (χ0v) is 13.0. The molecule has 3 aliphatic rings. The van der Waals surface area contributed by atoms with Crippen LogP contribution in [0.2, 0.25) is 0 Å². The van der Waals surface area contributed by atoms with E-state index >= 15 is 0 Å². The fourth-order valence-corrected chi connectivity index (χ4v) is 4.87. The van der Waals surface area contributed by atoms with Gasteiger partial charge in [-0.25, -0.2) is 13.1 Å². The number of fused-ring (bicyclic) bond motifs is 3. The summed E-state index contributed by atoms with van der Waals surface area (Å²) in [7, 11) is -3.30. The molecule has 5 nitrogen and oxygen atoms in total. The van der Waals surface area contributed by atoms with Gasteiger partial charge in [-0.2, -0.15) is 0 Å². The van der Waals surface area contributed by atoms with Crippen molar-refractivity contribution in [2.24, 2.45) is 11.7 Å². The molecule has 3 aliphatic heterocycles. The number of rotatable bonds is 5. The van der Waals surface area contributed by atoms with Crippen LogP contribution >= 0.6 is 0 Å². The van der Waals surface area contributed by atoms with Crippen LogP contribution in [0.5, 0.6) is 0 Å². The van der Waals surface area contributed by atoms with Crippen LogP contribution in [0.15, 0.2) is 24.3 Å². The summed E-state index contributed by atoms with van der Waals surface area (Å²) < 4.78 is 27.7. The second-order valence-electron chi connectivity index (χ2n) is 6.15. The van der Waals surface area contributed by atoms with E-state index in [1.165, 1.54) is 0 Å². The molecule has 116 valence electrons. The van der Waals surface area contributed by atoms with Gasteiger partial charge in [-0.1, -0.05) is 24.3 Å². The lowest BCUT2D eigenvalue weighted by molar-refractivity contribution is 0.0827. The van der Waals surface area contributed by atoms with Crippen LogP contribution in [0, 0.1) is 5.92 Å². The van der Waals surface area contributed by atoms with E-state index in [0.29, 0.717) is 12.5 Å². The largest absolute Gasteiger partial charge is 0.326 e. The molecule has 0 spiro atoms. The first kappa shape index (κ1) is 15.0. The first-order chi connectivity index (χ1) is 10.1. The molecule has 1 aromatic carbocycles. The van der Waals surface area contributed by atoms with Gasteiger partial charge in [0.15, 0.2) is 0 Å². The van der Waals surface area contributed by atoms with Gasteiger partial charge in [0.2, 0.25) is 10.0 Å². The van der Waals surface area contributed by atoms with E-state index in [0.717, 1.165) is 43.6 Å². The number of nitrogens with one attached hydrogen (secondary N) is 1. The van der Waals surface area contributed by atoms with Crippen molar-refractivity contribution in [1.29, 1.82) is 0 Å². The summed E-state index contributed by atoms with van der Waals surface area (Å²) in [6, 6.07) is 7.57. The molecule has 3 fully saturated rings. The Morgan fingerprint density at radius 3 is 2.57 bits per heavy atom. The Bertz CT molecular complexity index is 595. The van der Waals surface area contributed by atoms with E-state index < -0.39 is 10.0 Å². The Morgan fingerprint density at radius 1 is 1.24 bits per heavy atom. The summed E-state index contributed by atoms with van der Waals surface area (Å²) in [5, 5.41) is 0. The molecule has 0 radical (unpaired) electrons. The van der Waals surface area contributed by atoms with Gasteiger partial charge in [-0.05, 0) is 43.0 Å². The highest BCUT2D eigenvalue weighted by Gasteiger charge is 2.36. The molecule has 4 rings (SSSR count). The average Bonchev–Trinajstić information content (AvgIpc) is 2.47. The number of benzene rings is 1. The van der Waals surface area contributed by atoms with E-state index in [1.807, 2.05) is 24.3 Å². The summed E-state index contributed by atoms with van der Waals surface area (Å²) in [5.41, 5.74) is 7.36. The van der Waals surface area contributed by atoms with Gasteiger partial charge >= 0.3 is 0 Å².